The Morgan fingerprint density at radius 2 is 1.11 bits per heavy atom. The molecule has 0 radical (unpaired) electrons. The van der Waals surface area contributed by atoms with Gasteiger partial charge in [-0.25, -0.2) is 0 Å². The Labute approximate surface area is 288 Å². The van der Waals surface area contributed by atoms with Crippen LogP contribution in [0.5, 0.6) is 0 Å². The van der Waals surface area contributed by atoms with Crippen molar-refractivity contribution in [2.45, 2.75) is 174 Å². The number of rotatable bonds is 33. The van der Waals surface area contributed by atoms with Crippen LogP contribution in [0.2, 0.25) is 0 Å². The lowest BCUT2D eigenvalue weighted by Gasteiger charge is -2.15. The van der Waals surface area contributed by atoms with Gasteiger partial charge in [0.2, 0.25) is 5.91 Å². The van der Waals surface area contributed by atoms with E-state index in [2.05, 4.69) is 79.9 Å². The average molecular weight is 656 g/mol. The van der Waals surface area contributed by atoms with Gasteiger partial charge in [0, 0.05) is 12.8 Å². The molecule has 1 unspecified atom stereocenters. The zero-order chi connectivity index (χ0) is 34.5. The van der Waals surface area contributed by atoms with Crippen molar-refractivity contribution in [3.05, 3.63) is 60.8 Å². The van der Waals surface area contributed by atoms with Crippen LogP contribution in [-0.4, -0.2) is 35.6 Å². The molecule has 1 atom stereocenters. The van der Waals surface area contributed by atoms with Gasteiger partial charge in [0.1, 0.15) is 12.6 Å². The molecule has 47 heavy (non-hydrogen) atoms. The van der Waals surface area contributed by atoms with E-state index in [1.165, 1.54) is 57.8 Å². The first kappa shape index (κ1) is 44.1. The number of carboxylic acid groups (broad SMARTS) is 1. The number of nitrogens with one attached hydrogen (secondary N) is 1. The Morgan fingerprint density at radius 3 is 1.72 bits per heavy atom. The van der Waals surface area contributed by atoms with Crippen molar-refractivity contribution in [3.8, 4) is 0 Å². The van der Waals surface area contributed by atoms with E-state index < -0.39 is 5.97 Å². The minimum absolute atomic E-state index is 0.0980. The molecule has 0 aromatic heterocycles. The first-order valence-electron chi connectivity index (χ1n) is 18.9. The topological polar surface area (TPSA) is 92.7 Å². The smallest absolute Gasteiger partial charge is 0.322 e. The highest BCUT2D eigenvalue weighted by Crippen LogP contribution is 2.15. The summed E-state index contributed by atoms with van der Waals surface area (Å²) in [4.78, 5) is 34.7. The molecule has 0 heterocycles. The van der Waals surface area contributed by atoms with Gasteiger partial charge in [-0.3, -0.25) is 14.4 Å². The molecule has 6 nitrogen and oxygen atoms in total. The summed E-state index contributed by atoms with van der Waals surface area (Å²) in [5, 5.41) is 11.0. The molecule has 268 valence electrons. The van der Waals surface area contributed by atoms with E-state index in [1.807, 2.05) is 0 Å². The Hall–Kier alpha value is -2.89. The van der Waals surface area contributed by atoms with Gasteiger partial charge in [-0.2, -0.15) is 0 Å². The maximum Gasteiger partial charge on any atom is 0.322 e. The van der Waals surface area contributed by atoms with E-state index in [-0.39, 0.29) is 24.5 Å². The normalized spacial score (nSPS) is 12.7. The number of carbonyl (C=O) groups is 3. The monoisotopic (exact) mass is 656 g/mol. The highest BCUT2D eigenvalue weighted by molar-refractivity contribution is 5.80. The van der Waals surface area contributed by atoms with Crippen molar-refractivity contribution in [1.29, 1.82) is 0 Å². The van der Waals surface area contributed by atoms with Crippen LogP contribution in [0.3, 0.4) is 0 Å². The number of hydrogen-bond donors (Lipinski definition) is 2. The molecule has 0 bridgehead atoms. The van der Waals surface area contributed by atoms with Gasteiger partial charge in [0.15, 0.2) is 0 Å². The maximum atomic E-state index is 12.6. The summed E-state index contributed by atoms with van der Waals surface area (Å²) in [7, 11) is 0. The van der Waals surface area contributed by atoms with Crippen LogP contribution >= 0.6 is 0 Å². The van der Waals surface area contributed by atoms with Crippen LogP contribution in [-0.2, 0) is 19.1 Å². The van der Waals surface area contributed by atoms with Crippen molar-refractivity contribution in [3.63, 3.8) is 0 Å². The Bertz CT molecular complexity index is 902. The molecule has 2 N–H and O–H groups in total. The number of aliphatic carboxylic acids is 1. The van der Waals surface area contributed by atoms with Crippen molar-refractivity contribution in [2.24, 2.45) is 0 Å². The second kappa shape index (κ2) is 36.0. The molecule has 0 rings (SSSR count). The second-order valence-electron chi connectivity index (χ2n) is 12.4. The van der Waals surface area contributed by atoms with E-state index in [9.17, 15) is 14.4 Å². The van der Waals surface area contributed by atoms with E-state index in [0.29, 0.717) is 12.8 Å². The van der Waals surface area contributed by atoms with Crippen LogP contribution < -0.4 is 5.32 Å². The highest BCUT2D eigenvalue weighted by atomic mass is 16.5. The lowest BCUT2D eigenvalue weighted by molar-refractivity contribution is -0.147. The average Bonchev–Trinajstić information content (AvgIpc) is 3.05. The third kappa shape index (κ3) is 35.8. The molecule has 0 aliphatic heterocycles. The summed E-state index contributed by atoms with van der Waals surface area (Å²) in [6.07, 6.45) is 46.6. The van der Waals surface area contributed by atoms with Crippen LogP contribution in [0.15, 0.2) is 60.8 Å². The number of ether oxygens (including phenoxy) is 1. The fraction of sp³-hybridized carbons (Fsp3) is 0.683. The van der Waals surface area contributed by atoms with E-state index >= 15 is 0 Å². The van der Waals surface area contributed by atoms with Crippen LogP contribution in [0.1, 0.15) is 168 Å². The summed E-state index contributed by atoms with van der Waals surface area (Å²) in [6, 6.07) is 0. The lowest BCUT2D eigenvalue weighted by Crippen LogP contribution is -2.28. The van der Waals surface area contributed by atoms with Gasteiger partial charge in [-0.05, 0) is 83.1 Å². The molecule has 0 aliphatic carbocycles. The minimum Gasteiger partial charge on any atom is -0.480 e. The number of esters is 1. The van der Waals surface area contributed by atoms with E-state index in [1.54, 1.807) is 0 Å². The molecule has 0 aliphatic rings. The standard InChI is InChI=1S/C41H69NO5/c1-3-5-7-9-10-11-12-13-14-15-16-17-18-19-20-21-22-23-24-26-32-36-41(46)47-38(33-29-25-8-6-4-2)34-30-27-28-31-35-39(43)42-37-40(44)45/h5,7,10-11,13-14,16-17,29,33,38H,3-4,6,8-9,12,15,18-28,30-32,34-37H2,1-2H3,(H,42,43)(H,44,45)/b7-5-,11-10-,14-13-,17-16-,33-29-. The summed E-state index contributed by atoms with van der Waals surface area (Å²) in [6.45, 7) is 4.02. The number of hydrogen-bond acceptors (Lipinski definition) is 4. The van der Waals surface area contributed by atoms with E-state index in [0.717, 1.165) is 83.5 Å². The van der Waals surface area contributed by atoms with Crippen LogP contribution in [0.25, 0.3) is 0 Å². The molecule has 0 aromatic carbocycles. The van der Waals surface area contributed by atoms with Crippen molar-refractivity contribution in [1.82, 2.24) is 5.32 Å². The first-order valence-corrected chi connectivity index (χ1v) is 18.9. The van der Waals surface area contributed by atoms with Gasteiger partial charge < -0.3 is 15.2 Å². The third-order valence-electron chi connectivity index (χ3n) is 7.91. The Balaban J connectivity index is 3.94. The molecular weight excluding hydrogens is 586 g/mol. The largest absolute Gasteiger partial charge is 0.480 e. The fourth-order valence-corrected chi connectivity index (χ4v) is 5.12. The van der Waals surface area contributed by atoms with Crippen molar-refractivity contribution < 1.29 is 24.2 Å². The number of carbonyl (C=O) groups excluding carboxylic acids is 2. The van der Waals surface area contributed by atoms with Crippen LogP contribution in [0, 0.1) is 0 Å². The summed E-state index contributed by atoms with van der Waals surface area (Å²) in [5.41, 5.74) is 0. The summed E-state index contributed by atoms with van der Waals surface area (Å²) >= 11 is 0. The summed E-state index contributed by atoms with van der Waals surface area (Å²) in [5.74, 6) is -1.35. The van der Waals surface area contributed by atoms with Gasteiger partial charge >= 0.3 is 11.9 Å². The molecule has 0 spiro atoms. The first-order chi connectivity index (χ1) is 23.0. The Kier molecular flexibility index (Phi) is 33.7. The number of carboxylic acids is 1. The SMILES string of the molecule is CC/C=C\C/C=C\C/C=C\C/C=C\CCCCCCCCCCC(=O)OC(/C=C\CCCCC)CCCCCCC(=O)NCC(=O)O. The number of unbranched alkanes of at least 4 members (excludes halogenated alkanes) is 14. The predicted molar refractivity (Wildman–Crippen MR) is 198 cm³/mol. The molecule has 0 saturated carbocycles. The third-order valence-corrected chi connectivity index (χ3v) is 7.91. The molecular formula is C41H69NO5. The van der Waals surface area contributed by atoms with Crippen LogP contribution in [0.4, 0.5) is 0 Å². The molecule has 0 aromatic rings. The molecule has 1 amide bonds. The van der Waals surface area contributed by atoms with Gasteiger partial charge in [0.05, 0.1) is 0 Å². The van der Waals surface area contributed by atoms with Gasteiger partial charge in [-0.15, -0.1) is 0 Å². The lowest BCUT2D eigenvalue weighted by atomic mass is 10.1. The number of amides is 1. The highest BCUT2D eigenvalue weighted by Gasteiger charge is 2.12. The van der Waals surface area contributed by atoms with Crippen molar-refractivity contribution in [2.75, 3.05) is 6.54 Å². The van der Waals surface area contributed by atoms with Gasteiger partial charge in [-0.1, -0.05) is 133 Å². The van der Waals surface area contributed by atoms with E-state index in [4.69, 9.17) is 9.84 Å². The summed E-state index contributed by atoms with van der Waals surface area (Å²) < 4.78 is 5.84. The second-order valence-corrected chi connectivity index (χ2v) is 12.4. The molecule has 0 fully saturated rings. The van der Waals surface area contributed by atoms with Gasteiger partial charge in [0.25, 0.3) is 0 Å². The zero-order valence-corrected chi connectivity index (χ0v) is 30.1. The molecule has 6 heteroatoms. The molecule has 0 saturated heterocycles. The zero-order valence-electron chi connectivity index (χ0n) is 30.1. The maximum absolute atomic E-state index is 12.6. The number of allylic oxidation sites excluding steroid dienone is 9. The predicted octanol–water partition coefficient (Wildman–Crippen LogP) is 11.3. The fourth-order valence-electron chi connectivity index (χ4n) is 5.12. The quantitative estimate of drug-likeness (QED) is 0.0417. The minimum atomic E-state index is -1.03. The Morgan fingerprint density at radius 1 is 0.596 bits per heavy atom. The van der Waals surface area contributed by atoms with Crippen molar-refractivity contribution >= 4 is 17.8 Å².